The lowest BCUT2D eigenvalue weighted by molar-refractivity contribution is -0.134. The van der Waals surface area contributed by atoms with Crippen LogP contribution in [0.1, 0.15) is 29.6 Å². The highest BCUT2D eigenvalue weighted by atomic mass is 16.5. The number of benzene rings is 1. The SMILES string of the molecule is COc1ccc(C2CC2C(=O)N2CCn3c(C)nnc3C2)cc1. The van der Waals surface area contributed by atoms with Gasteiger partial charge in [0, 0.05) is 19.0 Å². The van der Waals surface area contributed by atoms with Crippen molar-refractivity contribution in [1.29, 1.82) is 0 Å². The van der Waals surface area contributed by atoms with Crippen LogP contribution in [0.2, 0.25) is 0 Å². The molecule has 1 aliphatic carbocycles. The number of carbonyl (C=O) groups is 1. The standard InChI is InChI=1S/C17H20N4O2/c1-11-18-19-16-10-20(7-8-21(11)16)17(22)15-9-14(15)12-3-5-13(23-2)6-4-12/h3-6,14-15H,7-10H2,1-2H3. The highest BCUT2D eigenvalue weighted by Gasteiger charge is 2.46. The summed E-state index contributed by atoms with van der Waals surface area (Å²) in [6.45, 7) is 4.07. The molecule has 2 heterocycles. The van der Waals surface area contributed by atoms with E-state index in [0.717, 1.165) is 36.9 Å². The summed E-state index contributed by atoms with van der Waals surface area (Å²) in [5, 5.41) is 8.26. The molecule has 2 aliphatic rings. The van der Waals surface area contributed by atoms with Gasteiger partial charge in [-0.2, -0.15) is 0 Å². The third-order valence-electron chi connectivity index (χ3n) is 4.90. The largest absolute Gasteiger partial charge is 0.497 e. The van der Waals surface area contributed by atoms with Crippen molar-refractivity contribution in [3.63, 3.8) is 0 Å². The van der Waals surface area contributed by atoms with Gasteiger partial charge < -0.3 is 14.2 Å². The molecule has 6 heteroatoms. The first-order valence-corrected chi connectivity index (χ1v) is 7.99. The number of aryl methyl sites for hydroxylation is 1. The first kappa shape index (κ1) is 14.2. The van der Waals surface area contributed by atoms with Crippen LogP contribution in [-0.2, 0) is 17.9 Å². The lowest BCUT2D eigenvalue weighted by Gasteiger charge is -2.27. The number of nitrogens with zero attached hydrogens (tertiary/aromatic N) is 4. The predicted molar refractivity (Wildman–Crippen MR) is 84.0 cm³/mol. The molecule has 0 N–H and O–H groups in total. The molecule has 0 radical (unpaired) electrons. The maximum absolute atomic E-state index is 12.7. The molecule has 6 nitrogen and oxygen atoms in total. The number of carbonyl (C=O) groups excluding carboxylic acids is 1. The zero-order valence-corrected chi connectivity index (χ0v) is 13.4. The fraction of sp³-hybridized carbons (Fsp3) is 0.471. The number of rotatable bonds is 3. The second-order valence-electron chi connectivity index (χ2n) is 6.30. The van der Waals surface area contributed by atoms with Gasteiger partial charge in [0.2, 0.25) is 5.91 Å². The van der Waals surface area contributed by atoms with Crippen molar-refractivity contribution >= 4 is 5.91 Å². The van der Waals surface area contributed by atoms with Crippen LogP contribution in [0.4, 0.5) is 0 Å². The molecular formula is C17H20N4O2. The Kier molecular flexibility index (Phi) is 3.32. The topological polar surface area (TPSA) is 60.2 Å². The smallest absolute Gasteiger partial charge is 0.226 e. The molecule has 1 aliphatic heterocycles. The fourth-order valence-corrected chi connectivity index (χ4v) is 3.41. The van der Waals surface area contributed by atoms with E-state index in [2.05, 4.69) is 26.9 Å². The quantitative estimate of drug-likeness (QED) is 0.866. The Morgan fingerprint density at radius 2 is 2.00 bits per heavy atom. The van der Waals surface area contributed by atoms with Gasteiger partial charge in [0.1, 0.15) is 11.6 Å². The number of ether oxygens (including phenoxy) is 1. The third-order valence-corrected chi connectivity index (χ3v) is 4.90. The van der Waals surface area contributed by atoms with Gasteiger partial charge in [-0.15, -0.1) is 10.2 Å². The van der Waals surface area contributed by atoms with Crippen LogP contribution in [0.5, 0.6) is 5.75 Å². The maximum Gasteiger partial charge on any atom is 0.226 e. The van der Waals surface area contributed by atoms with Crippen LogP contribution in [0.25, 0.3) is 0 Å². The molecule has 0 saturated heterocycles. The minimum Gasteiger partial charge on any atom is -0.497 e. The summed E-state index contributed by atoms with van der Waals surface area (Å²) in [5.41, 5.74) is 1.22. The lowest BCUT2D eigenvalue weighted by Crippen LogP contribution is -2.39. The first-order chi connectivity index (χ1) is 11.2. The molecule has 2 atom stereocenters. The second-order valence-corrected chi connectivity index (χ2v) is 6.30. The zero-order chi connectivity index (χ0) is 16.0. The van der Waals surface area contributed by atoms with Crippen LogP contribution >= 0.6 is 0 Å². The normalized spacial score (nSPS) is 22.6. The summed E-state index contributed by atoms with van der Waals surface area (Å²) >= 11 is 0. The maximum atomic E-state index is 12.7. The molecule has 120 valence electrons. The number of aromatic nitrogens is 3. The van der Waals surface area contributed by atoms with Gasteiger partial charge in [-0.3, -0.25) is 4.79 Å². The Bertz CT molecular complexity index is 738. The minimum atomic E-state index is 0.110. The van der Waals surface area contributed by atoms with E-state index in [0.29, 0.717) is 12.5 Å². The predicted octanol–water partition coefficient (Wildman–Crippen LogP) is 1.74. The number of methoxy groups -OCH3 is 1. The van der Waals surface area contributed by atoms with E-state index < -0.39 is 0 Å². The summed E-state index contributed by atoms with van der Waals surface area (Å²) in [4.78, 5) is 14.7. The average molecular weight is 312 g/mol. The van der Waals surface area contributed by atoms with E-state index >= 15 is 0 Å². The minimum absolute atomic E-state index is 0.110. The molecule has 1 aromatic carbocycles. The molecule has 2 unspecified atom stereocenters. The van der Waals surface area contributed by atoms with E-state index in [9.17, 15) is 4.79 Å². The van der Waals surface area contributed by atoms with Gasteiger partial charge in [0.05, 0.1) is 13.7 Å². The van der Waals surface area contributed by atoms with Crippen LogP contribution in [0.3, 0.4) is 0 Å². The van der Waals surface area contributed by atoms with Gasteiger partial charge in [0.25, 0.3) is 0 Å². The van der Waals surface area contributed by atoms with Gasteiger partial charge in [0.15, 0.2) is 5.82 Å². The van der Waals surface area contributed by atoms with Crippen LogP contribution in [-0.4, -0.2) is 39.2 Å². The second kappa shape index (κ2) is 5.37. The molecule has 0 spiro atoms. The van der Waals surface area contributed by atoms with Gasteiger partial charge in [-0.1, -0.05) is 12.1 Å². The molecule has 1 fully saturated rings. The van der Waals surface area contributed by atoms with Crippen molar-refractivity contribution < 1.29 is 9.53 Å². The van der Waals surface area contributed by atoms with E-state index in [1.54, 1.807) is 7.11 Å². The molecule has 1 aromatic heterocycles. The zero-order valence-electron chi connectivity index (χ0n) is 13.4. The third kappa shape index (κ3) is 2.48. The molecule has 1 saturated carbocycles. The fourth-order valence-electron chi connectivity index (χ4n) is 3.41. The van der Waals surface area contributed by atoms with Gasteiger partial charge in [-0.25, -0.2) is 0 Å². The highest BCUT2D eigenvalue weighted by Crippen LogP contribution is 2.49. The molecule has 2 aromatic rings. The van der Waals surface area contributed by atoms with E-state index in [1.165, 1.54) is 5.56 Å². The molecule has 1 amide bonds. The molecular weight excluding hydrogens is 292 g/mol. The van der Waals surface area contributed by atoms with Crippen LogP contribution in [0.15, 0.2) is 24.3 Å². The van der Waals surface area contributed by atoms with Crippen molar-refractivity contribution in [2.45, 2.75) is 32.4 Å². The van der Waals surface area contributed by atoms with Crippen molar-refractivity contribution in [2.75, 3.05) is 13.7 Å². The monoisotopic (exact) mass is 312 g/mol. The number of amides is 1. The summed E-state index contributed by atoms with van der Waals surface area (Å²) in [5.74, 6) is 3.37. The average Bonchev–Trinajstić information content (AvgIpc) is 3.31. The summed E-state index contributed by atoms with van der Waals surface area (Å²) in [7, 11) is 1.66. The number of hydrogen-bond acceptors (Lipinski definition) is 4. The highest BCUT2D eigenvalue weighted by molar-refractivity contribution is 5.83. The van der Waals surface area contributed by atoms with Gasteiger partial charge in [-0.05, 0) is 37.0 Å². The van der Waals surface area contributed by atoms with E-state index in [1.807, 2.05) is 24.0 Å². The van der Waals surface area contributed by atoms with Crippen molar-refractivity contribution in [1.82, 2.24) is 19.7 Å². The van der Waals surface area contributed by atoms with Crippen molar-refractivity contribution in [2.24, 2.45) is 5.92 Å². The summed E-state index contributed by atoms with van der Waals surface area (Å²) in [6, 6.07) is 8.04. The first-order valence-electron chi connectivity index (χ1n) is 7.99. The van der Waals surface area contributed by atoms with E-state index in [4.69, 9.17) is 4.74 Å². The van der Waals surface area contributed by atoms with E-state index in [-0.39, 0.29) is 11.8 Å². The van der Waals surface area contributed by atoms with Crippen LogP contribution < -0.4 is 4.74 Å². The van der Waals surface area contributed by atoms with Crippen molar-refractivity contribution in [3.8, 4) is 5.75 Å². The van der Waals surface area contributed by atoms with Crippen LogP contribution in [0, 0.1) is 12.8 Å². The molecule has 23 heavy (non-hydrogen) atoms. The Morgan fingerprint density at radius 1 is 1.22 bits per heavy atom. The number of fused-ring (bicyclic) bond motifs is 1. The molecule has 4 rings (SSSR count). The summed E-state index contributed by atoms with van der Waals surface area (Å²) < 4.78 is 7.28. The molecule has 0 bridgehead atoms. The number of hydrogen-bond donors (Lipinski definition) is 0. The summed E-state index contributed by atoms with van der Waals surface area (Å²) in [6.07, 6.45) is 0.938. The Hall–Kier alpha value is -2.37. The van der Waals surface area contributed by atoms with Crippen molar-refractivity contribution in [3.05, 3.63) is 41.5 Å². The van der Waals surface area contributed by atoms with Gasteiger partial charge >= 0.3 is 0 Å². The Balaban J connectivity index is 1.43. The lowest BCUT2D eigenvalue weighted by atomic mass is 10.1. The Labute approximate surface area is 135 Å². The Morgan fingerprint density at radius 3 is 2.74 bits per heavy atom.